The first kappa shape index (κ1) is 19.4. The lowest BCUT2D eigenvalue weighted by Crippen LogP contribution is -2.23. The zero-order valence-electron chi connectivity index (χ0n) is 14.2. The Bertz CT molecular complexity index is 719. The van der Waals surface area contributed by atoms with Gasteiger partial charge in [0.2, 0.25) is 0 Å². The number of rotatable bonds is 10. The molecule has 7 heteroatoms. The Kier molecular flexibility index (Phi) is 7.88. The monoisotopic (exact) mass is 368 g/mol. The van der Waals surface area contributed by atoms with Crippen molar-refractivity contribution in [3.05, 3.63) is 57.0 Å². The maximum absolute atomic E-state index is 12.1. The Morgan fingerprint density at radius 1 is 1.20 bits per heavy atom. The molecule has 1 aromatic heterocycles. The second-order valence-electron chi connectivity index (χ2n) is 5.55. The van der Waals surface area contributed by atoms with Gasteiger partial charge in [-0.05, 0) is 17.5 Å². The van der Waals surface area contributed by atoms with E-state index in [0.717, 1.165) is 24.0 Å². The number of hydrogen-bond donors (Lipinski definition) is 0. The topological polar surface area (TPSA) is 53.4 Å². The van der Waals surface area contributed by atoms with Crippen LogP contribution in [0.5, 0.6) is 5.75 Å². The first-order valence-corrected chi connectivity index (χ1v) is 8.63. The van der Waals surface area contributed by atoms with Gasteiger partial charge in [-0.2, -0.15) is 5.10 Å². The van der Waals surface area contributed by atoms with Gasteiger partial charge in [0.25, 0.3) is 5.56 Å². The summed E-state index contributed by atoms with van der Waals surface area (Å²) in [5.41, 5.74) is 1.53. The zero-order valence-corrected chi connectivity index (χ0v) is 15.0. The van der Waals surface area contributed by atoms with Crippen molar-refractivity contribution in [1.29, 1.82) is 0 Å². The molecular weight excluding hydrogens is 347 g/mol. The summed E-state index contributed by atoms with van der Waals surface area (Å²) in [5, 5.41) is 4.14. The highest BCUT2D eigenvalue weighted by Gasteiger charge is 2.10. The van der Waals surface area contributed by atoms with Crippen molar-refractivity contribution in [2.45, 2.75) is 39.5 Å². The van der Waals surface area contributed by atoms with Crippen molar-refractivity contribution in [3.63, 3.8) is 0 Å². The smallest absolute Gasteiger partial charge is 0.289 e. The first-order valence-electron chi connectivity index (χ1n) is 8.25. The van der Waals surface area contributed by atoms with Crippen LogP contribution in [0.2, 0.25) is 5.02 Å². The highest BCUT2D eigenvalue weighted by Crippen LogP contribution is 2.20. The van der Waals surface area contributed by atoms with Crippen LogP contribution in [-0.4, -0.2) is 23.1 Å². The second-order valence-corrected chi connectivity index (χ2v) is 5.93. The van der Waals surface area contributed by atoms with Gasteiger partial charge in [0.1, 0.15) is 13.3 Å². The van der Waals surface area contributed by atoms with Crippen molar-refractivity contribution in [3.8, 4) is 5.75 Å². The molecule has 0 saturated carbocycles. The fraction of sp³-hybridized carbons (Fsp3) is 0.444. The minimum atomic E-state index is -0.488. The number of halogens is 2. The molecule has 0 amide bonds. The average molecular weight is 369 g/mol. The van der Waals surface area contributed by atoms with Crippen LogP contribution >= 0.6 is 11.6 Å². The van der Waals surface area contributed by atoms with Gasteiger partial charge in [-0.1, -0.05) is 49.2 Å². The minimum absolute atomic E-state index is 0.0438. The predicted octanol–water partition coefficient (Wildman–Crippen LogP) is 3.76. The molecule has 0 aliphatic carbocycles. The van der Waals surface area contributed by atoms with Gasteiger partial charge in [-0.25, -0.2) is 9.07 Å². The molecule has 136 valence electrons. The Morgan fingerprint density at radius 2 is 1.88 bits per heavy atom. The molecule has 0 fully saturated rings. The van der Waals surface area contributed by atoms with E-state index in [1.807, 2.05) is 31.2 Å². The molecule has 0 aliphatic heterocycles. The third-order valence-corrected chi connectivity index (χ3v) is 3.93. The van der Waals surface area contributed by atoms with E-state index < -0.39 is 6.67 Å². The average Bonchev–Trinajstić information content (AvgIpc) is 2.63. The molecule has 0 spiro atoms. The van der Waals surface area contributed by atoms with Crippen molar-refractivity contribution in [2.24, 2.45) is 0 Å². The van der Waals surface area contributed by atoms with Crippen molar-refractivity contribution in [1.82, 2.24) is 9.78 Å². The summed E-state index contributed by atoms with van der Waals surface area (Å²) in [6.07, 6.45) is 3.31. The molecule has 1 heterocycles. The van der Waals surface area contributed by atoms with E-state index in [1.54, 1.807) is 0 Å². The minimum Gasteiger partial charge on any atom is -0.485 e. The number of unbranched alkanes of at least 4 members (excludes halogenated alkanes) is 1. The number of ether oxygens (including phenoxy) is 2. The Hall–Kier alpha value is -1.92. The van der Waals surface area contributed by atoms with E-state index in [0.29, 0.717) is 13.2 Å². The van der Waals surface area contributed by atoms with Crippen molar-refractivity contribution in [2.75, 3.05) is 13.3 Å². The Labute approximate surface area is 151 Å². The van der Waals surface area contributed by atoms with Crippen molar-refractivity contribution >= 4 is 11.6 Å². The quantitative estimate of drug-likeness (QED) is 0.599. The molecule has 0 N–H and O–H groups in total. The summed E-state index contributed by atoms with van der Waals surface area (Å²) in [4.78, 5) is 12.1. The third kappa shape index (κ3) is 5.83. The highest BCUT2D eigenvalue weighted by molar-refractivity contribution is 6.31. The number of hydrogen-bond acceptors (Lipinski definition) is 4. The molecule has 0 unspecified atom stereocenters. The summed E-state index contributed by atoms with van der Waals surface area (Å²) in [6.45, 7) is 2.84. The summed E-state index contributed by atoms with van der Waals surface area (Å²) >= 11 is 6.09. The maximum atomic E-state index is 12.1. The number of benzene rings is 1. The SMILES string of the molecule is CCCCn1ncc(OCc2ccc(COCCF)cc2)c(Cl)c1=O. The fourth-order valence-electron chi connectivity index (χ4n) is 2.16. The lowest BCUT2D eigenvalue weighted by molar-refractivity contribution is 0.106. The van der Waals surface area contributed by atoms with Gasteiger partial charge < -0.3 is 9.47 Å². The lowest BCUT2D eigenvalue weighted by Gasteiger charge is -2.10. The number of alkyl halides is 1. The summed E-state index contributed by atoms with van der Waals surface area (Å²) < 4.78 is 24.1. The highest BCUT2D eigenvalue weighted by atomic mass is 35.5. The van der Waals surface area contributed by atoms with Gasteiger partial charge in [0.15, 0.2) is 10.8 Å². The van der Waals surface area contributed by atoms with Gasteiger partial charge in [0, 0.05) is 6.54 Å². The molecule has 0 atom stereocenters. The van der Waals surface area contributed by atoms with Crippen LogP contribution in [0.4, 0.5) is 4.39 Å². The largest absolute Gasteiger partial charge is 0.485 e. The van der Waals surface area contributed by atoms with E-state index in [1.165, 1.54) is 10.9 Å². The summed E-state index contributed by atoms with van der Waals surface area (Å²) in [6, 6.07) is 7.55. The van der Waals surface area contributed by atoms with Crippen LogP contribution < -0.4 is 10.3 Å². The number of aromatic nitrogens is 2. The molecular formula is C18H22ClFN2O3. The molecule has 0 saturated heterocycles. The number of aryl methyl sites for hydroxylation is 1. The Balaban J connectivity index is 1.94. The summed E-state index contributed by atoms with van der Waals surface area (Å²) in [5.74, 6) is 0.273. The van der Waals surface area contributed by atoms with E-state index in [4.69, 9.17) is 21.1 Å². The van der Waals surface area contributed by atoms with E-state index >= 15 is 0 Å². The zero-order chi connectivity index (χ0) is 18.1. The van der Waals surface area contributed by atoms with E-state index in [9.17, 15) is 9.18 Å². The fourth-order valence-corrected chi connectivity index (χ4v) is 2.36. The second kappa shape index (κ2) is 10.2. The lowest BCUT2D eigenvalue weighted by atomic mass is 10.1. The normalized spacial score (nSPS) is 10.8. The molecule has 0 bridgehead atoms. The van der Waals surface area contributed by atoms with Crippen LogP contribution in [0.1, 0.15) is 30.9 Å². The van der Waals surface area contributed by atoms with Gasteiger partial charge in [-0.15, -0.1) is 0 Å². The molecule has 5 nitrogen and oxygen atoms in total. The van der Waals surface area contributed by atoms with Gasteiger partial charge in [0.05, 0.1) is 19.4 Å². The Morgan fingerprint density at radius 3 is 2.52 bits per heavy atom. The number of nitrogens with zero attached hydrogens (tertiary/aromatic N) is 2. The molecule has 25 heavy (non-hydrogen) atoms. The van der Waals surface area contributed by atoms with Gasteiger partial charge in [-0.3, -0.25) is 4.79 Å². The van der Waals surface area contributed by atoms with Crippen LogP contribution in [0.15, 0.2) is 35.3 Å². The molecule has 0 aliphatic rings. The van der Waals surface area contributed by atoms with Crippen LogP contribution in [0.3, 0.4) is 0 Å². The third-order valence-electron chi connectivity index (χ3n) is 3.58. The van der Waals surface area contributed by atoms with Crippen molar-refractivity contribution < 1.29 is 13.9 Å². The molecule has 2 rings (SSSR count). The molecule has 1 aromatic carbocycles. The van der Waals surface area contributed by atoms with Crippen LogP contribution in [0.25, 0.3) is 0 Å². The van der Waals surface area contributed by atoms with Crippen LogP contribution in [0, 0.1) is 0 Å². The summed E-state index contributed by atoms with van der Waals surface area (Å²) in [7, 11) is 0. The van der Waals surface area contributed by atoms with Gasteiger partial charge >= 0.3 is 0 Å². The van der Waals surface area contributed by atoms with Crippen LogP contribution in [-0.2, 0) is 24.5 Å². The van der Waals surface area contributed by atoms with E-state index in [2.05, 4.69) is 5.10 Å². The first-order chi connectivity index (χ1) is 12.2. The molecule has 0 radical (unpaired) electrons. The van der Waals surface area contributed by atoms with E-state index in [-0.39, 0.29) is 29.5 Å². The maximum Gasteiger partial charge on any atom is 0.289 e. The predicted molar refractivity (Wildman–Crippen MR) is 94.8 cm³/mol. The molecule has 2 aromatic rings. The standard InChI is InChI=1S/C18H22ClFN2O3/c1-2-3-9-22-18(23)17(19)16(11-21-22)25-13-15-6-4-14(5-7-15)12-24-10-8-20/h4-7,11H,2-3,8-10,12-13H2,1H3.